The number of aliphatic hydroxyl groups excluding tert-OH is 1. The van der Waals surface area contributed by atoms with E-state index in [0.29, 0.717) is 11.3 Å². The van der Waals surface area contributed by atoms with Crippen molar-refractivity contribution in [3.63, 3.8) is 0 Å². The number of aliphatic hydroxyl groups is 1. The van der Waals surface area contributed by atoms with Crippen LogP contribution in [0.1, 0.15) is 61.5 Å². The fraction of sp³-hybridized carbons (Fsp3) is 0.310. The lowest BCUT2D eigenvalue weighted by Crippen LogP contribution is -2.29. The van der Waals surface area contributed by atoms with Crippen LogP contribution in [0.4, 0.5) is 5.69 Å². The van der Waals surface area contributed by atoms with Gasteiger partial charge < -0.3 is 20.7 Å². The van der Waals surface area contributed by atoms with E-state index in [1.54, 1.807) is 23.6 Å². The Balaban J connectivity index is 1.45. The number of anilines is 1. The molecule has 39 heavy (non-hydrogen) atoms. The highest BCUT2D eigenvalue weighted by Crippen LogP contribution is 2.33. The molecule has 1 aliphatic rings. The first-order valence-corrected chi connectivity index (χ1v) is 14.2. The summed E-state index contributed by atoms with van der Waals surface area (Å²) in [5.74, 6) is -0.345. The van der Waals surface area contributed by atoms with Crippen LogP contribution in [0.15, 0.2) is 59.8 Å². The third-order valence-corrected chi connectivity index (χ3v) is 8.05. The van der Waals surface area contributed by atoms with Crippen LogP contribution >= 0.6 is 11.3 Å². The number of fused-ring (bicyclic) bond motifs is 1. The number of primary amides is 1. The van der Waals surface area contributed by atoms with Gasteiger partial charge in [0.1, 0.15) is 0 Å². The van der Waals surface area contributed by atoms with Gasteiger partial charge in [-0.1, -0.05) is 13.8 Å². The molecule has 200 valence electrons. The lowest BCUT2D eigenvalue weighted by Gasteiger charge is -2.27. The van der Waals surface area contributed by atoms with E-state index in [-0.39, 0.29) is 18.1 Å². The molecule has 5 aromatic rings. The van der Waals surface area contributed by atoms with Gasteiger partial charge >= 0.3 is 0 Å². The summed E-state index contributed by atoms with van der Waals surface area (Å²) in [6.07, 6.45) is 8.52. The molecule has 1 fully saturated rings. The Morgan fingerprint density at radius 3 is 2.69 bits per heavy atom. The van der Waals surface area contributed by atoms with Crippen LogP contribution in [0, 0.1) is 0 Å². The number of rotatable bonds is 7. The second-order valence-electron chi connectivity index (χ2n) is 10.4. The topological polar surface area (TPSA) is 124 Å². The molecular weight excluding hydrogens is 510 g/mol. The first-order valence-electron chi connectivity index (χ1n) is 13.2. The molecule has 1 saturated carbocycles. The minimum Gasteiger partial charge on any atom is -0.393 e. The largest absolute Gasteiger partial charge is 0.393 e. The maximum atomic E-state index is 12.3. The molecular formula is C29H31N7O2S. The van der Waals surface area contributed by atoms with Crippen LogP contribution in [0.25, 0.3) is 33.7 Å². The molecule has 1 aromatic carbocycles. The van der Waals surface area contributed by atoms with Gasteiger partial charge in [-0.25, -0.2) is 14.6 Å². The summed E-state index contributed by atoms with van der Waals surface area (Å²) < 4.78 is 3.86. The number of hydrogen-bond donors (Lipinski definition) is 3. The van der Waals surface area contributed by atoms with E-state index in [4.69, 9.17) is 15.8 Å². The van der Waals surface area contributed by atoms with Crippen molar-refractivity contribution in [1.82, 2.24) is 24.3 Å². The summed E-state index contributed by atoms with van der Waals surface area (Å²) in [5, 5.41) is 23.5. The number of benzene rings is 1. The van der Waals surface area contributed by atoms with Gasteiger partial charge in [0.25, 0.3) is 5.91 Å². The van der Waals surface area contributed by atoms with Crippen molar-refractivity contribution in [1.29, 1.82) is 0 Å². The van der Waals surface area contributed by atoms with Crippen molar-refractivity contribution >= 4 is 34.0 Å². The van der Waals surface area contributed by atoms with Gasteiger partial charge in [-0.2, -0.15) is 16.4 Å². The van der Waals surface area contributed by atoms with Gasteiger partial charge in [-0.3, -0.25) is 4.79 Å². The van der Waals surface area contributed by atoms with Crippen molar-refractivity contribution in [2.45, 2.75) is 57.6 Å². The molecule has 0 unspecified atom stereocenters. The SMILES string of the molecule is CC(C)c1nn(-c2ccc(C(N)=O)c(NC3CCC(O)CC3)c2)c2nccc(-n3cnc(-c4ccsc4)c3)c12. The molecule has 4 N–H and O–H groups in total. The molecule has 4 heterocycles. The Morgan fingerprint density at radius 2 is 1.97 bits per heavy atom. The van der Waals surface area contributed by atoms with E-state index in [0.717, 1.165) is 65.0 Å². The minimum absolute atomic E-state index is 0.146. The van der Waals surface area contributed by atoms with Crippen molar-refractivity contribution < 1.29 is 9.90 Å². The standard InChI is InChI=1S/C29H31N7O2S/c1-17(2)27-26-25(35-14-24(32-16-35)18-10-12-39-15-18)9-11-31-29(26)36(34-27)20-5-8-22(28(30)38)23(13-20)33-19-3-6-21(37)7-4-19/h5,8-17,19,21,33,37H,3-4,6-7H2,1-2H3,(H2,30,38). The van der Waals surface area contributed by atoms with Crippen molar-refractivity contribution in [3.8, 4) is 22.6 Å². The Labute approximate surface area is 230 Å². The summed E-state index contributed by atoms with van der Waals surface area (Å²) in [6.45, 7) is 4.24. The maximum absolute atomic E-state index is 12.3. The first-order chi connectivity index (χ1) is 18.9. The number of amides is 1. The highest BCUT2D eigenvalue weighted by molar-refractivity contribution is 7.08. The number of carbonyl (C=O) groups is 1. The van der Waals surface area contributed by atoms with E-state index in [9.17, 15) is 9.90 Å². The number of carbonyl (C=O) groups excluding carboxylic acids is 1. The van der Waals surface area contributed by atoms with Crippen LogP contribution in [0.3, 0.4) is 0 Å². The number of hydrogen-bond acceptors (Lipinski definition) is 7. The Bertz CT molecular complexity index is 1630. The van der Waals surface area contributed by atoms with Gasteiger partial charge in [0.05, 0.1) is 46.1 Å². The van der Waals surface area contributed by atoms with Crippen LogP contribution in [-0.4, -0.2) is 47.5 Å². The van der Waals surface area contributed by atoms with Crippen LogP contribution in [0.5, 0.6) is 0 Å². The minimum atomic E-state index is -0.491. The number of thiophene rings is 1. The number of nitrogens with zero attached hydrogens (tertiary/aromatic N) is 5. The molecule has 1 amide bonds. The van der Waals surface area contributed by atoms with E-state index >= 15 is 0 Å². The molecule has 4 aromatic heterocycles. The lowest BCUT2D eigenvalue weighted by molar-refractivity contribution is 0.100. The summed E-state index contributed by atoms with van der Waals surface area (Å²) >= 11 is 1.65. The predicted octanol–water partition coefficient (Wildman–Crippen LogP) is 5.27. The summed E-state index contributed by atoms with van der Waals surface area (Å²) in [5.41, 5.74) is 12.2. The van der Waals surface area contributed by atoms with E-state index in [1.165, 1.54) is 0 Å². The summed E-state index contributed by atoms with van der Waals surface area (Å²) in [6, 6.07) is 9.72. The third-order valence-electron chi connectivity index (χ3n) is 7.37. The molecule has 0 spiro atoms. The average molecular weight is 542 g/mol. The number of nitrogens with two attached hydrogens (primary N) is 1. The second kappa shape index (κ2) is 10.3. The van der Waals surface area contributed by atoms with Gasteiger partial charge in [0, 0.05) is 35.1 Å². The Hall–Kier alpha value is -4.02. The fourth-order valence-corrected chi connectivity index (χ4v) is 5.95. The van der Waals surface area contributed by atoms with Crippen LogP contribution < -0.4 is 11.1 Å². The maximum Gasteiger partial charge on any atom is 0.250 e. The zero-order valence-corrected chi connectivity index (χ0v) is 22.7. The van der Waals surface area contributed by atoms with Crippen LogP contribution in [0.2, 0.25) is 0 Å². The number of imidazole rings is 1. The summed E-state index contributed by atoms with van der Waals surface area (Å²) in [7, 11) is 0. The first kappa shape index (κ1) is 25.3. The number of aromatic nitrogens is 5. The van der Waals surface area contributed by atoms with E-state index < -0.39 is 5.91 Å². The highest BCUT2D eigenvalue weighted by atomic mass is 32.1. The second-order valence-corrected chi connectivity index (χ2v) is 11.2. The highest BCUT2D eigenvalue weighted by Gasteiger charge is 2.23. The van der Waals surface area contributed by atoms with E-state index in [2.05, 4.69) is 35.6 Å². The molecule has 10 heteroatoms. The van der Waals surface area contributed by atoms with Gasteiger partial charge in [0.15, 0.2) is 5.65 Å². The normalized spacial score (nSPS) is 17.6. The third kappa shape index (κ3) is 4.81. The smallest absolute Gasteiger partial charge is 0.250 e. The van der Waals surface area contributed by atoms with Gasteiger partial charge in [0.2, 0.25) is 0 Å². The molecule has 0 radical (unpaired) electrons. The van der Waals surface area contributed by atoms with Crippen molar-refractivity contribution in [2.24, 2.45) is 5.73 Å². The molecule has 9 nitrogen and oxygen atoms in total. The van der Waals surface area contributed by atoms with Crippen LogP contribution in [-0.2, 0) is 0 Å². The lowest BCUT2D eigenvalue weighted by atomic mass is 9.92. The Kier molecular flexibility index (Phi) is 6.66. The molecule has 0 atom stereocenters. The molecule has 0 saturated heterocycles. The quantitative estimate of drug-likeness (QED) is 0.258. The molecule has 0 aliphatic heterocycles. The number of pyridine rings is 1. The summed E-state index contributed by atoms with van der Waals surface area (Å²) in [4.78, 5) is 21.6. The zero-order valence-electron chi connectivity index (χ0n) is 21.9. The number of nitrogens with one attached hydrogen (secondary N) is 1. The fourth-order valence-electron chi connectivity index (χ4n) is 5.30. The molecule has 0 bridgehead atoms. The predicted molar refractivity (Wildman–Crippen MR) is 154 cm³/mol. The van der Waals surface area contributed by atoms with Gasteiger partial charge in [-0.05, 0) is 67.3 Å². The van der Waals surface area contributed by atoms with E-state index in [1.807, 2.05) is 45.4 Å². The molecule has 6 rings (SSSR count). The Morgan fingerprint density at radius 1 is 1.15 bits per heavy atom. The van der Waals surface area contributed by atoms with Gasteiger partial charge in [-0.15, -0.1) is 0 Å². The molecule has 1 aliphatic carbocycles. The monoisotopic (exact) mass is 541 g/mol. The average Bonchev–Trinajstić information content (AvgIpc) is 3.69. The van der Waals surface area contributed by atoms with Crippen molar-refractivity contribution in [3.05, 3.63) is 71.1 Å². The zero-order chi connectivity index (χ0) is 27.1. The van der Waals surface area contributed by atoms with Crippen molar-refractivity contribution in [2.75, 3.05) is 5.32 Å².